The van der Waals surface area contributed by atoms with Gasteiger partial charge in [-0.2, -0.15) is 13.2 Å². The Balaban J connectivity index is 1.51. The van der Waals surface area contributed by atoms with Gasteiger partial charge < -0.3 is 10.2 Å². The SMILES string of the molecule is O=C(C1CCCC1)N1CCC(Nc2cc(C(F)(F)F)nc(-c3ccccn3)n2)C1. The van der Waals surface area contributed by atoms with E-state index in [1.54, 1.807) is 18.2 Å². The van der Waals surface area contributed by atoms with E-state index in [1.807, 2.05) is 4.90 Å². The van der Waals surface area contributed by atoms with E-state index in [1.165, 1.54) is 6.20 Å². The van der Waals surface area contributed by atoms with Crippen molar-refractivity contribution < 1.29 is 18.0 Å². The molecule has 2 aliphatic rings. The minimum Gasteiger partial charge on any atom is -0.365 e. The molecule has 154 valence electrons. The molecule has 1 aliphatic heterocycles. The smallest absolute Gasteiger partial charge is 0.365 e. The monoisotopic (exact) mass is 405 g/mol. The van der Waals surface area contributed by atoms with Gasteiger partial charge in [-0.1, -0.05) is 18.9 Å². The Morgan fingerprint density at radius 1 is 1.14 bits per heavy atom. The van der Waals surface area contributed by atoms with E-state index < -0.39 is 11.9 Å². The zero-order valence-electron chi connectivity index (χ0n) is 15.8. The average molecular weight is 405 g/mol. The summed E-state index contributed by atoms with van der Waals surface area (Å²) in [6.45, 7) is 1.08. The Kier molecular flexibility index (Phi) is 5.38. The van der Waals surface area contributed by atoms with E-state index in [2.05, 4.69) is 20.3 Å². The van der Waals surface area contributed by atoms with Gasteiger partial charge in [0.15, 0.2) is 11.5 Å². The Hall–Kier alpha value is -2.71. The van der Waals surface area contributed by atoms with E-state index in [-0.39, 0.29) is 35.2 Å². The van der Waals surface area contributed by atoms with E-state index in [0.717, 1.165) is 31.7 Å². The molecule has 2 aromatic rings. The molecule has 1 atom stereocenters. The summed E-state index contributed by atoms with van der Waals surface area (Å²) in [5.41, 5.74) is -0.751. The molecule has 1 aliphatic carbocycles. The number of aromatic nitrogens is 3. The van der Waals surface area contributed by atoms with Gasteiger partial charge in [0.05, 0.1) is 0 Å². The standard InChI is InChI=1S/C20H22F3N5O/c21-20(22,23)16-11-17(27-18(26-16)15-7-3-4-9-24-15)25-14-8-10-28(12-14)19(29)13-5-1-2-6-13/h3-4,7,9,11,13-14H,1-2,5-6,8,10,12H2,(H,25,26,27). The molecule has 29 heavy (non-hydrogen) atoms. The van der Waals surface area contributed by atoms with Crippen molar-refractivity contribution >= 4 is 11.7 Å². The van der Waals surface area contributed by atoms with Crippen LogP contribution >= 0.6 is 0 Å². The van der Waals surface area contributed by atoms with Crippen molar-refractivity contribution in [3.63, 3.8) is 0 Å². The summed E-state index contributed by atoms with van der Waals surface area (Å²) in [5.74, 6) is 0.271. The first kappa shape index (κ1) is 19.6. The molecule has 0 bridgehead atoms. The van der Waals surface area contributed by atoms with E-state index in [9.17, 15) is 18.0 Å². The molecule has 9 heteroatoms. The number of nitrogens with one attached hydrogen (secondary N) is 1. The average Bonchev–Trinajstić information content (AvgIpc) is 3.39. The van der Waals surface area contributed by atoms with Crippen LogP contribution < -0.4 is 5.32 Å². The molecule has 1 saturated heterocycles. The number of likely N-dealkylation sites (tertiary alicyclic amines) is 1. The molecule has 6 nitrogen and oxygen atoms in total. The Morgan fingerprint density at radius 3 is 2.62 bits per heavy atom. The van der Waals surface area contributed by atoms with Gasteiger partial charge in [-0.3, -0.25) is 9.78 Å². The molecule has 1 N–H and O–H groups in total. The number of hydrogen-bond donors (Lipinski definition) is 1. The maximum Gasteiger partial charge on any atom is 0.433 e. The summed E-state index contributed by atoms with van der Waals surface area (Å²) in [6, 6.07) is 5.67. The summed E-state index contributed by atoms with van der Waals surface area (Å²) in [5, 5.41) is 3.07. The van der Waals surface area contributed by atoms with E-state index in [0.29, 0.717) is 19.5 Å². The summed E-state index contributed by atoms with van der Waals surface area (Å²) in [4.78, 5) is 26.3. The largest absolute Gasteiger partial charge is 0.433 e. The Morgan fingerprint density at radius 2 is 1.93 bits per heavy atom. The van der Waals surface area contributed by atoms with Gasteiger partial charge >= 0.3 is 6.18 Å². The number of hydrogen-bond acceptors (Lipinski definition) is 5. The number of rotatable bonds is 4. The predicted octanol–water partition coefficient (Wildman–Crippen LogP) is 3.76. The van der Waals surface area contributed by atoms with Crippen molar-refractivity contribution in [1.29, 1.82) is 0 Å². The number of pyridine rings is 1. The van der Waals surface area contributed by atoms with Crippen LogP contribution in [0.4, 0.5) is 19.0 Å². The molecule has 0 radical (unpaired) electrons. The highest BCUT2D eigenvalue weighted by Gasteiger charge is 2.35. The highest BCUT2D eigenvalue weighted by Crippen LogP contribution is 2.31. The van der Waals surface area contributed by atoms with Crippen molar-refractivity contribution in [2.45, 2.75) is 44.3 Å². The molecular weight excluding hydrogens is 383 g/mol. The molecule has 1 amide bonds. The molecule has 0 aromatic carbocycles. The molecule has 4 rings (SSSR count). The maximum absolute atomic E-state index is 13.3. The fraction of sp³-hybridized carbons (Fsp3) is 0.500. The number of anilines is 1. The number of alkyl halides is 3. The van der Waals surface area contributed by atoms with Crippen molar-refractivity contribution in [1.82, 2.24) is 19.9 Å². The van der Waals surface area contributed by atoms with Crippen LogP contribution in [0.15, 0.2) is 30.5 Å². The van der Waals surface area contributed by atoms with Crippen LogP contribution in [0.1, 0.15) is 37.8 Å². The second kappa shape index (κ2) is 7.96. The lowest BCUT2D eigenvalue weighted by Gasteiger charge is -2.21. The molecule has 1 saturated carbocycles. The van der Waals surface area contributed by atoms with E-state index in [4.69, 9.17) is 0 Å². The summed E-state index contributed by atoms with van der Waals surface area (Å²) in [7, 11) is 0. The van der Waals surface area contributed by atoms with Crippen LogP contribution in [0.5, 0.6) is 0 Å². The highest BCUT2D eigenvalue weighted by atomic mass is 19.4. The Labute approximate surface area is 166 Å². The van der Waals surface area contributed by atoms with Crippen molar-refractivity contribution in [2.75, 3.05) is 18.4 Å². The van der Waals surface area contributed by atoms with Crippen LogP contribution in [-0.4, -0.2) is 44.9 Å². The van der Waals surface area contributed by atoms with Gasteiger partial charge in [0, 0.05) is 37.3 Å². The van der Waals surface area contributed by atoms with Crippen LogP contribution in [0.3, 0.4) is 0 Å². The van der Waals surface area contributed by atoms with Crippen molar-refractivity contribution in [3.05, 3.63) is 36.2 Å². The lowest BCUT2D eigenvalue weighted by molar-refractivity contribution is -0.141. The fourth-order valence-corrected chi connectivity index (χ4v) is 3.99. The predicted molar refractivity (Wildman–Crippen MR) is 101 cm³/mol. The third-order valence-corrected chi connectivity index (χ3v) is 5.47. The third-order valence-electron chi connectivity index (χ3n) is 5.47. The second-order valence-corrected chi connectivity index (χ2v) is 7.57. The van der Waals surface area contributed by atoms with Crippen molar-refractivity contribution in [2.24, 2.45) is 5.92 Å². The van der Waals surface area contributed by atoms with Gasteiger partial charge in [0.2, 0.25) is 5.91 Å². The number of carbonyl (C=O) groups is 1. The van der Waals surface area contributed by atoms with Gasteiger partial charge in [0.1, 0.15) is 11.5 Å². The van der Waals surface area contributed by atoms with Gasteiger partial charge in [0.25, 0.3) is 0 Å². The first-order chi connectivity index (χ1) is 13.9. The zero-order chi connectivity index (χ0) is 20.4. The minimum atomic E-state index is -4.59. The van der Waals surface area contributed by atoms with E-state index >= 15 is 0 Å². The minimum absolute atomic E-state index is 0.0835. The van der Waals surface area contributed by atoms with Crippen LogP contribution in [0, 0.1) is 5.92 Å². The molecular formula is C20H22F3N5O. The number of amides is 1. The first-order valence-electron chi connectivity index (χ1n) is 9.83. The maximum atomic E-state index is 13.3. The highest BCUT2D eigenvalue weighted by molar-refractivity contribution is 5.79. The van der Waals surface area contributed by atoms with Crippen LogP contribution in [-0.2, 0) is 11.0 Å². The molecule has 0 spiro atoms. The van der Waals surface area contributed by atoms with Crippen molar-refractivity contribution in [3.8, 4) is 11.5 Å². The lowest BCUT2D eigenvalue weighted by atomic mass is 10.1. The topological polar surface area (TPSA) is 71.0 Å². The summed E-state index contributed by atoms with van der Waals surface area (Å²) < 4.78 is 40.0. The third kappa shape index (κ3) is 4.49. The normalized spacial score (nSPS) is 20.2. The first-order valence-corrected chi connectivity index (χ1v) is 9.83. The van der Waals surface area contributed by atoms with Gasteiger partial charge in [-0.25, -0.2) is 9.97 Å². The Bertz CT molecular complexity index is 868. The molecule has 2 fully saturated rings. The number of nitrogens with zero attached hydrogens (tertiary/aromatic N) is 4. The van der Waals surface area contributed by atoms with Crippen LogP contribution in [0.25, 0.3) is 11.5 Å². The van der Waals surface area contributed by atoms with Gasteiger partial charge in [-0.15, -0.1) is 0 Å². The molecule has 1 unspecified atom stereocenters. The fourth-order valence-electron chi connectivity index (χ4n) is 3.99. The zero-order valence-corrected chi connectivity index (χ0v) is 15.8. The van der Waals surface area contributed by atoms with Crippen LogP contribution in [0.2, 0.25) is 0 Å². The second-order valence-electron chi connectivity index (χ2n) is 7.57. The lowest BCUT2D eigenvalue weighted by Crippen LogP contribution is -2.35. The quantitative estimate of drug-likeness (QED) is 0.839. The number of halogens is 3. The molecule has 2 aromatic heterocycles. The summed E-state index contributed by atoms with van der Waals surface area (Å²) in [6.07, 6.45) is 1.59. The number of carbonyl (C=O) groups excluding carboxylic acids is 1. The molecule has 3 heterocycles. The summed E-state index contributed by atoms with van der Waals surface area (Å²) >= 11 is 0. The van der Waals surface area contributed by atoms with Gasteiger partial charge in [-0.05, 0) is 31.4 Å².